The first-order valence-electron chi connectivity index (χ1n) is 7.88. The first-order chi connectivity index (χ1) is 12.1. The Morgan fingerprint density at radius 3 is 2.52 bits per heavy atom. The monoisotopic (exact) mass is 340 g/mol. The molecule has 0 saturated carbocycles. The number of nitrogens with one attached hydrogen (secondary N) is 1. The van der Waals surface area contributed by atoms with Crippen molar-refractivity contribution in [3.05, 3.63) is 70.3 Å². The molecule has 1 N–H and O–H groups in total. The first-order valence-corrected chi connectivity index (χ1v) is 7.88. The summed E-state index contributed by atoms with van der Waals surface area (Å²) in [5, 5.41) is 13.4. The Morgan fingerprint density at radius 1 is 1.20 bits per heavy atom. The number of aliphatic imine (C=N–C) groups is 1. The van der Waals surface area contributed by atoms with E-state index in [0.29, 0.717) is 13.1 Å². The summed E-state index contributed by atoms with van der Waals surface area (Å²) in [6, 6.07) is 15.3. The van der Waals surface area contributed by atoms with Gasteiger partial charge in [-0.1, -0.05) is 18.2 Å². The van der Waals surface area contributed by atoms with Gasteiger partial charge in [0, 0.05) is 44.2 Å². The van der Waals surface area contributed by atoms with Crippen molar-refractivity contribution >= 4 is 23.6 Å². The molecule has 0 saturated heterocycles. The molecule has 7 nitrogen and oxygen atoms in total. The Bertz CT molecular complexity index is 730. The van der Waals surface area contributed by atoms with E-state index in [1.165, 1.54) is 12.1 Å². The number of urea groups is 1. The van der Waals surface area contributed by atoms with Crippen LogP contribution in [0.25, 0.3) is 0 Å². The van der Waals surface area contributed by atoms with Gasteiger partial charge in [-0.05, 0) is 36.2 Å². The summed E-state index contributed by atoms with van der Waals surface area (Å²) in [5.74, 6) is 0. The molecule has 0 aliphatic rings. The lowest BCUT2D eigenvalue weighted by Crippen LogP contribution is -2.32. The van der Waals surface area contributed by atoms with E-state index in [9.17, 15) is 14.9 Å². The van der Waals surface area contributed by atoms with Crippen LogP contribution >= 0.6 is 0 Å². The fourth-order valence-electron chi connectivity index (χ4n) is 2.09. The van der Waals surface area contributed by atoms with Crippen LogP contribution in [0.3, 0.4) is 0 Å². The quantitative estimate of drug-likeness (QED) is 0.362. The van der Waals surface area contributed by atoms with Crippen LogP contribution < -0.4 is 5.32 Å². The Kier molecular flexibility index (Phi) is 6.65. The highest BCUT2D eigenvalue weighted by atomic mass is 16.6. The van der Waals surface area contributed by atoms with E-state index in [4.69, 9.17) is 0 Å². The summed E-state index contributed by atoms with van der Waals surface area (Å²) in [5.41, 5.74) is 1.62. The van der Waals surface area contributed by atoms with Crippen LogP contribution in [0.4, 0.5) is 16.2 Å². The number of rotatable bonds is 7. The van der Waals surface area contributed by atoms with Crippen molar-refractivity contribution in [2.75, 3.05) is 25.5 Å². The number of non-ortho nitro benzene ring substituents is 1. The summed E-state index contributed by atoms with van der Waals surface area (Å²) < 4.78 is 0. The third kappa shape index (κ3) is 6.06. The van der Waals surface area contributed by atoms with E-state index in [2.05, 4.69) is 10.3 Å². The lowest BCUT2D eigenvalue weighted by Gasteiger charge is -2.17. The van der Waals surface area contributed by atoms with Crippen LogP contribution in [0, 0.1) is 10.1 Å². The molecule has 2 aromatic rings. The molecule has 7 heteroatoms. The number of hydrogen-bond donors (Lipinski definition) is 1. The van der Waals surface area contributed by atoms with Gasteiger partial charge in [-0.3, -0.25) is 15.1 Å². The van der Waals surface area contributed by atoms with Crippen LogP contribution in [0.2, 0.25) is 0 Å². The van der Waals surface area contributed by atoms with Gasteiger partial charge in [0.05, 0.1) is 4.92 Å². The van der Waals surface area contributed by atoms with Crippen molar-refractivity contribution in [3.8, 4) is 0 Å². The molecule has 0 aliphatic heterocycles. The van der Waals surface area contributed by atoms with Crippen LogP contribution in [-0.2, 0) is 0 Å². The van der Waals surface area contributed by atoms with Gasteiger partial charge in [0.25, 0.3) is 5.69 Å². The molecule has 0 heterocycles. The van der Waals surface area contributed by atoms with E-state index in [1.807, 2.05) is 30.3 Å². The van der Waals surface area contributed by atoms with Crippen molar-refractivity contribution in [2.24, 2.45) is 4.99 Å². The molecule has 0 spiro atoms. The third-order valence-corrected chi connectivity index (χ3v) is 3.50. The summed E-state index contributed by atoms with van der Waals surface area (Å²) in [6.45, 7) is 1.15. The Balaban J connectivity index is 1.71. The van der Waals surface area contributed by atoms with Gasteiger partial charge in [-0.15, -0.1) is 0 Å². The Labute approximate surface area is 146 Å². The summed E-state index contributed by atoms with van der Waals surface area (Å²) in [7, 11) is 1.73. The van der Waals surface area contributed by atoms with Gasteiger partial charge >= 0.3 is 6.03 Å². The maximum absolute atomic E-state index is 12.0. The standard InChI is InChI=1S/C18H20N4O3/c1-21(18(23)20-16-6-3-2-4-7-16)13-5-12-19-14-15-8-10-17(11-9-15)22(24)25/h2-4,6-11,14H,5,12-13H2,1H3,(H,20,23). The van der Waals surface area contributed by atoms with Gasteiger partial charge in [0.2, 0.25) is 0 Å². The Hall–Kier alpha value is -3.22. The number of anilines is 1. The van der Waals surface area contributed by atoms with E-state index < -0.39 is 4.92 Å². The minimum atomic E-state index is -0.433. The number of nitro groups is 1. The maximum Gasteiger partial charge on any atom is 0.321 e. The SMILES string of the molecule is CN(CCCN=Cc1ccc([N+](=O)[O-])cc1)C(=O)Nc1ccccc1. The van der Waals surface area contributed by atoms with Crippen LogP contribution in [0.1, 0.15) is 12.0 Å². The van der Waals surface area contributed by atoms with Crippen LogP contribution in [0.5, 0.6) is 0 Å². The molecule has 2 rings (SSSR count). The number of nitro benzene ring substituents is 1. The predicted octanol–water partition coefficient (Wildman–Crippen LogP) is 3.57. The molecule has 2 amide bonds. The fraction of sp³-hybridized carbons (Fsp3) is 0.222. The van der Waals surface area contributed by atoms with Crippen molar-refractivity contribution in [1.82, 2.24) is 4.90 Å². The van der Waals surface area contributed by atoms with Gasteiger partial charge < -0.3 is 10.2 Å². The molecule has 0 unspecified atom stereocenters. The second-order valence-corrected chi connectivity index (χ2v) is 5.46. The predicted molar refractivity (Wildman–Crippen MR) is 98.3 cm³/mol. The average Bonchev–Trinajstić information content (AvgIpc) is 2.62. The van der Waals surface area contributed by atoms with Crippen LogP contribution in [-0.4, -0.2) is 42.2 Å². The van der Waals surface area contributed by atoms with Crippen molar-refractivity contribution < 1.29 is 9.72 Å². The minimum absolute atomic E-state index is 0.0585. The highest BCUT2D eigenvalue weighted by Crippen LogP contribution is 2.10. The van der Waals surface area contributed by atoms with Gasteiger partial charge in [0.15, 0.2) is 0 Å². The lowest BCUT2D eigenvalue weighted by atomic mass is 10.2. The molecule has 0 atom stereocenters. The van der Waals surface area contributed by atoms with E-state index >= 15 is 0 Å². The molecule has 25 heavy (non-hydrogen) atoms. The van der Waals surface area contributed by atoms with Crippen LogP contribution in [0.15, 0.2) is 59.6 Å². The zero-order valence-corrected chi connectivity index (χ0v) is 14.0. The van der Waals surface area contributed by atoms with Gasteiger partial charge in [0.1, 0.15) is 0 Å². The lowest BCUT2D eigenvalue weighted by molar-refractivity contribution is -0.384. The number of benzene rings is 2. The van der Waals surface area contributed by atoms with Crippen molar-refractivity contribution in [2.45, 2.75) is 6.42 Å². The molecule has 0 fully saturated rings. The summed E-state index contributed by atoms with van der Waals surface area (Å²) >= 11 is 0. The van der Waals surface area contributed by atoms with Crippen molar-refractivity contribution in [3.63, 3.8) is 0 Å². The maximum atomic E-state index is 12.0. The first kappa shape index (κ1) is 18.1. The molecule has 0 aromatic heterocycles. The molecular weight excluding hydrogens is 320 g/mol. The third-order valence-electron chi connectivity index (χ3n) is 3.50. The van der Waals surface area contributed by atoms with E-state index in [0.717, 1.165) is 17.7 Å². The zero-order valence-electron chi connectivity index (χ0n) is 14.0. The molecule has 0 bridgehead atoms. The fourth-order valence-corrected chi connectivity index (χ4v) is 2.09. The highest BCUT2D eigenvalue weighted by Gasteiger charge is 2.07. The second-order valence-electron chi connectivity index (χ2n) is 5.46. The van der Waals surface area contributed by atoms with Crippen molar-refractivity contribution in [1.29, 1.82) is 0 Å². The largest absolute Gasteiger partial charge is 0.328 e. The van der Waals surface area contributed by atoms with Gasteiger partial charge in [-0.25, -0.2) is 4.79 Å². The number of amides is 2. The molecule has 130 valence electrons. The molecule has 0 aliphatic carbocycles. The number of nitrogens with zero attached hydrogens (tertiary/aromatic N) is 3. The smallest absolute Gasteiger partial charge is 0.321 e. The van der Waals surface area contributed by atoms with Gasteiger partial charge in [-0.2, -0.15) is 0 Å². The molecular formula is C18H20N4O3. The second kappa shape index (κ2) is 9.17. The number of carbonyl (C=O) groups is 1. The topological polar surface area (TPSA) is 87.8 Å². The average molecular weight is 340 g/mol. The normalized spacial score (nSPS) is 10.6. The highest BCUT2D eigenvalue weighted by molar-refractivity contribution is 5.89. The number of para-hydroxylation sites is 1. The summed E-state index contributed by atoms with van der Waals surface area (Å²) in [6.07, 6.45) is 2.40. The number of carbonyl (C=O) groups excluding carboxylic acids is 1. The van der Waals surface area contributed by atoms with E-state index in [1.54, 1.807) is 30.3 Å². The summed E-state index contributed by atoms with van der Waals surface area (Å²) in [4.78, 5) is 28.0. The zero-order chi connectivity index (χ0) is 18.1. The van der Waals surface area contributed by atoms with E-state index in [-0.39, 0.29) is 11.7 Å². The molecule has 0 radical (unpaired) electrons. The number of hydrogen-bond acceptors (Lipinski definition) is 4. The minimum Gasteiger partial charge on any atom is -0.328 e. The Morgan fingerprint density at radius 2 is 1.88 bits per heavy atom. The molecule has 2 aromatic carbocycles.